The lowest BCUT2D eigenvalue weighted by Crippen LogP contribution is -2.50. The highest BCUT2D eigenvalue weighted by molar-refractivity contribution is 8.00. The van der Waals surface area contributed by atoms with E-state index < -0.39 is 0 Å². The van der Waals surface area contributed by atoms with E-state index in [-0.39, 0.29) is 5.54 Å². The monoisotopic (exact) mass is 173 g/mol. The maximum atomic E-state index is 10.1. The summed E-state index contributed by atoms with van der Waals surface area (Å²) in [5.74, 6) is 2.98. The number of hydrogen-bond acceptors (Lipinski definition) is 3. The number of hydrogen-bond donors (Lipinski definition) is 1. The van der Waals surface area contributed by atoms with Crippen molar-refractivity contribution in [2.75, 3.05) is 11.5 Å². The second kappa shape index (κ2) is 3.59. The van der Waals surface area contributed by atoms with Crippen LogP contribution in [0.5, 0.6) is 0 Å². The first-order chi connectivity index (χ1) is 5.17. The average Bonchev–Trinajstić information content (AvgIpc) is 1.78. The third kappa shape index (κ3) is 2.20. The summed E-state index contributed by atoms with van der Waals surface area (Å²) in [6.07, 6.45) is 2.40. The van der Waals surface area contributed by atoms with Gasteiger partial charge in [0.15, 0.2) is 0 Å². The lowest BCUT2D eigenvalue weighted by Gasteiger charge is -2.39. The fraction of sp³-hybridized carbons (Fsp3) is 0.875. The fourth-order valence-electron chi connectivity index (χ4n) is 1.19. The van der Waals surface area contributed by atoms with Gasteiger partial charge in [0, 0.05) is 12.0 Å². The van der Waals surface area contributed by atoms with Gasteiger partial charge in [-0.25, -0.2) is 0 Å². The summed E-state index contributed by atoms with van der Waals surface area (Å²) in [5.41, 5.74) is 5.93. The van der Waals surface area contributed by atoms with Crippen LogP contribution in [0, 0.1) is 5.92 Å². The Morgan fingerprint density at radius 3 is 2.73 bits per heavy atom. The lowest BCUT2D eigenvalue weighted by molar-refractivity contribution is -0.108. The SMILES string of the molecule is CC(N)(CCC=O)C1CSC1. The second-order valence-corrected chi connectivity index (χ2v) is 4.52. The van der Waals surface area contributed by atoms with Crippen molar-refractivity contribution < 1.29 is 4.79 Å². The van der Waals surface area contributed by atoms with E-state index in [1.165, 1.54) is 11.5 Å². The van der Waals surface area contributed by atoms with E-state index in [0.717, 1.165) is 12.7 Å². The van der Waals surface area contributed by atoms with Crippen LogP contribution in [0.15, 0.2) is 0 Å². The van der Waals surface area contributed by atoms with Crippen LogP contribution in [0.4, 0.5) is 0 Å². The van der Waals surface area contributed by atoms with Gasteiger partial charge < -0.3 is 10.5 Å². The lowest BCUT2D eigenvalue weighted by atomic mass is 9.85. The van der Waals surface area contributed by atoms with Crippen LogP contribution < -0.4 is 5.73 Å². The van der Waals surface area contributed by atoms with Gasteiger partial charge in [0.05, 0.1) is 0 Å². The third-order valence-corrected chi connectivity index (χ3v) is 3.65. The molecule has 1 heterocycles. The standard InChI is InChI=1S/C8H15NOS/c1-8(9,3-2-4-10)7-5-11-6-7/h4,7H,2-3,5-6,9H2,1H3. The van der Waals surface area contributed by atoms with Crippen molar-refractivity contribution in [3.63, 3.8) is 0 Å². The van der Waals surface area contributed by atoms with Crippen LogP contribution >= 0.6 is 11.8 Å². The molecule has 64 valence electrons. The van der Waals surface area contributed by atoms with E-state index >= 15 is 0 Å². The summed E-state index contributed by atoms with van der Waals surface area (Å²) in [5, 5.41) is 0. The molecule has 1 atom stereocenters. The van der Waals surface area contributed by atoms with Gasteiger partial charge in [-0.2, -0.15) is 11.8 Å². The smallest absolute Gasteiger partial charge is 0.120 e. The van der Waals surface area contributed by atoms with Gasteiger partial charge in [0.2, 0.25) is 0 Å². The number of carbonyl (C=O) groups is 1. The highest BCUT2D eigenvalue weighted by Gasteiger charge is 2.34. The molecule has 0 spiro atoms. The van der Waals surface area contributed by atoms with Crippen molar-refractivity contribution in [3.05, 3.63) is 0 Å². The van der Waals surface area contributed by atoms with Gasteiger partial charge >= 0.3 is 0 Å². The number of thioether (sulfide) groups is 1. The summed E-state index contributed by atoms with van der Waals surface area (Å²) in [4.78, 5) is 10.1. The van der Waals surface area contributed by atoms with Gasteiger partial charge in [-0.05, 0) is 30.8 Å². The van der Waals surface area contributed by atoms with Crippen molar-refractivity contribution in [2.24, 2.45) is 11.7 Å². The minimum atomic E-state index is -0.105. The highest BCUT2D eigenvalue weighted by atomic mass is 32.2. The molecule has 0 radical (unpaired) electrons. The maximum absolute atomic E-state index is 10.1. The minimum absolute atomic E-state index is 0.105. The Morgan fingerprint density at radius 2 is 2.36 bits per heavy atom. The van der Waals surface area contributed by atoms with Gasteiger partial charge in [-0.3, -0.25) is 0 Å². The Bertz CT molecular complexity index is 143. The first-order valence-corrected chi connectivity index (χ1v) is 5.12. The zero-order valence-electron chi connectivity index (χ0n) is 6.88. The molecule has 0 aliphatic carbocycles. The Balaban J connectivity index is 2.30. The molecule has 0 aromatic carbocycles. The fourth-order valence-corrected chi connectivity index (χ4v) is 2.42. The number of rotatable bonds is 4. The molecule has 1 saturated heterocycles. The van der Waals surface area contributed by atoms with E-state index in [4.69, 9.17) is 5.73 Å². The van der Waals surface area contributed by atoms with E-state index in [9.17, 15) is 4.79 Å². The van der Waals surface area contributed by atoms with Gasteiger partial charge in [-0.1, -0.05) is 0 Å². The minimum Gasteiger partial charge on any atom is -0.325 e. The Labute approximate surface area is 71.9 Å². The molecular weight excluding hydrogens is 158 g/mol. The molecule has 0 bridgehead atoms. The third-order valence-electron chi connectivity index (χ3n) is 2.37. The van der Waals surface area contributed by atoms with Crippen molar-refractivity contribution >= 4 is 18.0 Å². The molecule has 1 fully saturated rings. The summed E-state index contributed by atoms with van der Waals surface area (Å²) in [6.45, 7) is 2.06. The molecule has 11 heavy (non-hydrogen) atoms. The average molecular weight is 173 g/mol. The van der Waals surface area contributed by atoms with Gasteiger partial charge in [0.25, 0.3) is 0 Å². The summed E-state index contributed by atoms with van der Waals surface area (Å²) < 4.78 is 0. The van der Waals surface area contributed by atoms with Crippen molar-refractivity contribution in [3.8, 4) is 0 Å². The van der Waals surface area contributed by atoms with E-state index in [1.54, 1.807) is 0 Å². The van der Waals surface area contributed by atoms with Crippen molar-refractivity contribution in [1.82, 2.24) is 0 Å². The van der Waals surface area contributed by atoms with E-state index in [1.807, 2.05) is 11.8 Å². The molecule has 2 N–H and O–H groups in total. The first-order valence-electron chi connectivity index (χ1n) is 3.97. The zero-order valence-corrected chi connectivity index (χ0v) is 7.69. The largest absolute Gasteiger partial charge is 0.325 e. The Kier molecular flexibility index (Phi) is 2.96. The summed E-state index contributed by atoms with van der Waals surface area (Å²) in [6, 6.07) is 0. The second-order valence-electron chi connectivity index (χ2n) is 3.45. The van der Waals surface area contributed by atoms with Crippen LogP contribution in [0.3, 0.4) is 0 Å². The quantitative estimate of drug-likeness (QED) is 0.646. The van der Waals surface area contributed by atoms with E-state index in [2.05, 4.69) is 6.92 Å². The molecule has 0 aromatic heterocycles. The number of carbonyl (C=O) groups excluding carboxylic acids is 1. The highest BCUT2D eigenvalue weighted by Crippen LogP contribution is 2.34. The van der Waals surface area contributed by atoms with E-state index in [0.29, 0.717) is 12.3 Å². The zero-order chi connectivity index (χ0) is 8.32. The first kappa shape index (κ1) is 9.07. The Morgan fingerprint density at radius 1 is 1.73 bits per heavy atom. The van der Waals surface area contributed by atoms with Gasteiger partial charge in [-0.15, -0.1) is 0 Å². The van der Waals surface area contributed by atoms with Crippen LogP contribution in [0.2, 0.25) is 0 Å². The van der Waals surface area contributed by atoms with Crippen LogP contribution in [0.1, 0.15) is 19.8 Å². The topological polar surface area (TPSA) is 43.1 Å². The molecule has 3 heteroatoms. The normalized spacial score (nSPS) is 23.8. The predicted octanol–water partition coefficient (Wildman–Crippen LogP) is 1.05. The molecular formula is C8H15NOS. The van der Waals surface area contributed by atoms with Gasteiger partial charge in [0.1, 0.15) is 6.29 Å². The molecule has 1 unspecified atom stereocenters. The molecule has 1 rings (SSSR count). The summed E-state index contributed by atoms with van der Waals surface area (Å²) in [7, 11) is 0. The molecule has 1 aliphatic rings. The van der Waals surface area contributed by atoms with Crippen molar-refractivity contribution in [1.29, 1.82) is 0 Å². The molecule has 2 nitrogen and oxygen atoms in total. The predicted molar refractivity (Wildman–Crippen MR) is 48.7 cm³/mol. The molecule has 0 aromatic rings. The van der Waals surface area contributed by atoms with Crippen LogP contribution in [-0.4, -0.2) is 23.3 Å². The molecule has 0 saturated carbocycles. The number of nitrogens with two attached hydrogens (primary N) is 1. The van der Waals surface area contributed by atoms with Crippen LogP contribution in [0.25, 0.3) is 0 Å². The molecule has 1 aliphatic heterocycles. The molecule has 0 amide bonds. The summed E-state index contributed by atoms with van der Waals surface area (Å²) >= 11 is 1.94. The number of aldehydes is 1. The van der Waals surface area contributed by atoms with Crippen LogP contribution in [-0.2, 0) is 4.79 Å². The Hall–Kier alpha value is -0.0200. The maximum Gasteiger partial charge on any atom is 0.120 e. The van der Waals surface area contributed by atoms with Crippen molar-refractivity contribution in [2.45, 2.75) is 25.3 Å².